The van der Waals surface area contributed by atoms with Crippen molar-refractivity contribution < 1.29 is 13.9 Å². The number of amides is 1. The van der Waals surface area contributed by atoms with Crippen molar-refractivity contribution in [2.75, 3.05) is 50.6 Å². The number of imidazole rings is 1. The van der Waals surface area contributed by atoms with Crippen molar-refractivity contribution in [3.8, 4) is 5.88 Å². The molecular weight excluding hydrogens is 413 g/mol. The van der Waals surface area contributed by atoms with Crippen molar-refractivity contribution in [2.45, 2.75) is 20.3 Å². The molecule has 1 amide bonds. The molecule has 0 saturated carbocycles. The largest absolute Gasteiger partial charge is 0.477 e. The van der Waals surface area contributed by atoms with E-state index in [1.165, 1.54) is 12.3 Å². The molecule has 1 aliphatic heterocycles. The molecule has 4 rings (SSSR count). The third kappa shape index (κ3) is 4.64. The Labute approximate surface area is 186 Å². The van der Waals surface area contributed by atoms with E-state index in [9.17, 15) is 9.18 Å². The number of nitrogens with zero attached hydrogens (tertiary/aromatic N) is 6. The summed E-state index contributed by atoms with van der Waals surface area (Å²) in [6.07, 6.45) is 5.84. The highest BCUT2D eigenvalue weighted by atomic mass is 19.1. The maximum absolute atomic E-state index is 14.4. The maximum atomic E-state index is 14.4. The Morgan fingerprint density at radius 1 is 1.34 bits per heavy atom. The summed E-state index contributed by atoms with van der Waals surface area (Å²) in [4.78, 5) is 30.3. The number of pyridine rings is 1. The van der Waals surface area contributed by atoms with Crippen LogP contribution in [-0.2, 0) is 0 Å². The van der Waals surface area contributed by atoms with Crippen molar-refractivity contribution >= 4 is 23.2 Å². The Morgan fingerprint density at radius 3 is 2.91 bits per heavy atom. The number of rotatable bonds is 7. The highest BCUT2D eigenvalue weighted by molar-refractivity contribution is 6.05. The van der Waals surface area contributed by atoms with Crippen LogP contribution in [0.1, 0.15) is 29.4 Å². The minimum atomic E-state index is -0.520. The van der Waals surface area contributed by atoms with Crippen LogP contribution in [0.5, 0.6) is 5.88 Å². The molecule has 0 aromatic carbocycles. The van der Waals surface area contributed by atoms with Gasteiger partial charge in [-0.2, -0.15) is 4.98 Å². The standard InChI is InChI=1S/C22H28FN7O2/c1-5-32-21-17(9-24-22(27-21)29-7-6-15(12-29)11-28(3)4)20(31)26-16-8-18(23)19-25-14(2)10-30(19)13-16/h8-10,13,15H,5-7,11-12H2,1-4H3,(H,26,31). The number of fused-ring (bicyclic) bond motifs is 1. The summed E-state index contributed by atoms with van der Waals surface area (Å²) < 4.78 is 21.5. The van der Waals surface area contributed by atoms with Crippen molar-refractivity contribution in [3.05, 3.63) is 41.7 Å². The molecule has 0 aliphatic carbocycles. The summed E-state index contributed by atoms with van der Waals surface area (Å²) in [7, 11) is 4.13. The van der Waals surface area contributed by atoms with Crippen molar-refractivity contribution in [1.29, 1.82) is 0 Å². The number of carbonyl (C=O) groups is 1. The second-order valence-corrected chi connectivity index (χ2v) is 8.33. The van der Waals surface area contributed by atoms with Gasteiger partial charge in [0.2, 0.25) is 11.8 Å². The van der Waals surface area contributed by atoms with E-state index >= 15 is 0 Å². The van der Waals surface area contributed by atoms with E-state index < -0.39 is 11.7 Å². The zero-order chi connectivity index (χ0) is 22.8. The smallest absolute Gasteiger partial charge is 0.262 e. The molecule has 1 fully saturated rings. The molecule has 0 bridgehead atoms. The zero-order valence-electron chi connectivity index (χ0n) is 18.8. The Hall–Kier alpha value is -3.27. The van der Waals surface area contributed by atoms with E-state index in [-0.39, 0.29) is 17.1 Å². The molecule has 0 spiro atoms. The molecule has 3 aromatic rings. The molecule has 1 unspecified atom stereocenters. The molecule has 170 valence electrons. The predicted molar refractivity (Wildman–Crippen MR) is 120 cm³/mol. The fraction of sp³-hybridized carbons (Fsp3) is 0.455. The van der Waals surface area contributed by atoms with Gasteiger partial charge in [-0.05, 0) is 40.3 Å². The van der Waals surface area contributed by atoms with E-state index in [1.54, 1.807) is 23.7 Å². The second kappa shape index (κ2) is 9.07. The van der Waals surface area contributed by atoms with Crippen molar-refractivity contribution in [2.24, 2.45) is 5.92 Å². The van der Waals surface area contributed by atoms with Gasteiger partial charge in [-0.25, -0.2) is 14.4 Å². The third-order valence-electron chi connectivity index (χ3n) is 5.34. The van der Waals surface area contributed by atoms with Crippen LogP contribution in [0, 0.1) is 18.7 Å². The van der Waals surface area contributed by atoms with Crippen LogP contribution in [-0.4, -0.2) is 70.5 Å². The molecule has 3 aromatic heterocycles. The minimum absolute atomic E-state index is 0.196. The molecule has 0 radical (unpaired) electrons. The summed E-state index contributed by atoms with van der Waals surface area (Å²) in [5.41, 5.74) is 1.39. The van der Waals surface area contributed by atoms with E-state index in [4.69, 9.17) is 4.74 Å². The van der Waals surface area contributed by atoms with E-state index in [2.05, 4.69) is 44.2 Å². The Morgan fingerprint density at radius 2 is 2.16 bits per heavy atom. The van der Waals surface area contributed by atoms with Crippen LogP contribution in [0.25, 0.3) is 5.65 Å². The molecular formula is C22H28FN7O2. The SMILES string of the molecule is CCOc1nc(N2CCC(CN(C)C)C2)ncc1C(=O)Nc1cc(F)c2nc(C)cn2c1. The van der Waals surface area contributed by atoms with Crippen molar-refractivity contribution in [3.63, 3.8) is 0 Å². The predicted octanol–water partition coefficient (Wildman–Crippen LogP) is 2.61. The normalized spacial score (nSPS) is 16.2. The summed E-state index contributed by atoms with van der Waals surface area (Å²) in [6.45, 7) is 6.69. The Bertz CT molecular complexity index is 1130. The highest BCUT2D eigenvalue weighted by Gasteiger charge is 2.26. The number of aromatic nitrogens is 4. The second-order valence-electron chi connectivity index (χ2n) is 8.33. The molecule has 10 heteroatoms. The zero-order valence-corrected chi connectivity index (χ0v) is 18.8. The number of ether oxygens (including phenoxy) is 1. The number of aryl methyl sites for hydroxylation is 1. The first-order valence-electron chi connectivity index (χ1n) is 10.7. The number of halogens is 1. The maximum Gasteiger partial charge on any atom is 0.262 e. The number of hydrogen-bond acceptors (Lipinski definition) is 7. The highest BCUT2D eigenvalue weighted by Crippen LogP contribution is 2.25. The van der Waals surface area contributed by atoms with Gasteiger partial charge in [-0.15, -0.1) is 0 Å². The van der Waals surface area contributed by atoms with Crippen LogP contribution in [0.3, 0.4) is 0 Å². The van der Waals surface area contributed by atoms with Crippen LogP contribution in [0.4, 0.5) is 16.0 Å². The van der Waals surface area contributed by atoms with E-state index in [0.29, 0.717) is 29.9 Å². The van der Waals surface area contributed by atoms with Gasteiger partial charge in [0.25, 0.3) is 5.91 Å². The molecule has 4 heterocycles. The Kier molecular flexibility index (Phi) is 6.22. The fourth-order valence-corrected chi connectivity index (χ4v) is 4.04. The monoisotopic (exact) mass is 441 g/mol. The van der Waals surface area contributed by atoms with E-state index in [1.807, 2.05) is 6.92 Å². The van der Waals surface area contributed by atoms with E-state index in [0.717, 1.165) is 26.1 Å². The molecule has 1 saturated heterocycles. The summed E-state index contributed by atoms with van der Waals surface area (Å²) in [5, 5.41) is 2.71. The average molecular weight is 442 g/mol. The van der Waals surface area contributed by atoms with Gasteiger partial charge in [0.1, 0.15) is 5.56 Å². The van der Waals surface area contributed by atoms with Gasteiger partial charge in [-0.3, -0.25) is 4.79 Å². The summed E-state index contributed by atoms with van der Waals surface area (Å²) >= 11 is 0. The summed E-state index contributed by atoms with van der Waals surface area (Å²) in [6, 6.07) is 1.24. The topological polar surface area (TPSA) is 87.9 Å². The molecule has 1 N–H and O–H groups in total. The number of anilines is 2. The molecule has 32 heavy (non-hydrogen) atoms. The van der Waals surface area contributed by atoms with Crippen LogP contribution >= 0.6 is 0 Å². The van der Waals surface area contributed by atoms with Crippen LogP contribution in [0.15, 0.2) is 24.7 Å². The first-order chi connectivity index (χ1) is 15.3. The van der Waals surface area contributed by atoms with Gasteiger partial charge < -0.3 is 24.3 Å². The lowest BCUT2D eigenvalue weighted by Crippen LogP contribution is -2.27. The lowest BCUT2D eigenvalue weighted by molar-refractivity contribution is 0.102. The average Bonchev–Trinajstić information content (AvgIpc) is 3.34. The number of nitrogens with one attached hydrogen (secondary N) is 1. The third-order valence-corrected chi connectivity index (χ3v) is 5.34. The quantitative estimate of drug-likeness (QED) is 0.603. The number of hydrogen-bond donors (Lipinski definition) is 1. The first kappa shape index (κ1) is 21.9. The van der Waals surface area contributed by atoms with Gasteiger partial charge in [0, 0.05) is 44.3 Å². The lowest BCUT2D eigenvalue weighted by Gasteiger charge is -2.19. The van der Waals surface area contributed by atoms with Gasteiger partial charge >= 0.3 is 0 Å². The van der Waals surface area contributed by atoms with Gasteiger partial charge in [0.15, 0.2) is 11.5 Å². The minimum Gasteiger partial charge on any atom is -0.477 e. The lowest BCUT2D eigenvalue weighted by atomic mass is 10.1. The Balaban J connectivity index is 1.54. The number of carbonyl (C=O) groups excluding carboxylic acids is 1. The van der Waals surface area contributed by atoms with Crippen molar-refractivity contribution in [1.82, 2.24) is 24.3 Å². The van der Waals surface area contributed by atoms with Gasteiger partial charge in [0.05, 0.1) is 18.0 Å². The molecule has 9 nitrogen and oxygen atoms in total. The first-order valence-corrected chi connectivity index (χ1v) is 10.7. The van der Waals surface area contributed by atoms with Crippen LogP contribution in [0.2, 0.25) is 0 Å². The molecule has 1 aliphatic rings. The molecule has 1 atom stereocenters. The van der Waals surface area contributed by atoms with Crippen LogP contribution < -0.4 is 15.0 Å². The fourth-order valence-electron chi connectivity index (χ4n) is 4.04. The van der Waals surface area contributed by atoms with Gasteiger partial charge in [-0.1, -0.05) is 0 Å². The summed E-state index contributed by atoms with van der Waals surface area (Å²) in [5.74, 6) is 0.318.